The second-order valence-corrected chi connectivity index (χ2v) is 6.05. The molecule has 0 amide bonds. The van der Waals surface area contributed by atoms with Crippen molar-refractivity contribution in [3.63, 3.8) is 0 Å². The SMILES string of the molecule is CCC1CCCCC1OC(=O)c1cc(N)cc(Cl)c1Cl. The van der Waals surface area contributed by atoms with E-state index in [0.29, 0.717) is 11.6 Å². The van der Waals surface area contributed by atoms with Crippen LogP contribution in [0.3, 0.4) is 0 Å². The number of hydrogen-bond acceptors (Lipinski definition) is 3. The summed E-state index contributed by atoms with van der Waals surface area (Å²) in [4.78, 5) is 12.3. The van der Waals surface area contributed by atoms with Crippen molar-refractivity contribution < 1.29 is 9.53 Å². The number of esters is 1. The Morgan fingerprint density at radius 1 is 1.35 bits per heavy atom. The van der Waals surface area contributed by atoms with Gasteiger partial charge in [0.15, 0.2) is 0 Å². The molecule has 3 nitrogen and oxygen atoms in total. The van der Waals surface area contributed by atoms with Crippen LogP contribution in [0, 0.1) is 5.92 Å². The Bertz CT molecular complexity index is 505. The van der Waals surface area contributed by atoms with Gasteiger partial charge in [0.1, 0.15) is 6.10 Å². The number of rotatable bonds is 3. The lowest BCUT2D eigenvalue weighted by Gasteiger charge is -2.30. The third-order valence-corrected chi connectivity index (χ3v) is 4.69. The van der Waals surface area contributed by atoms with Gasteiger partial charge in [0.05, 0.1) is 15.6 Å². The van der Waals surface area contributed by atoms with Gasteiger partial charge in [0, 0.05) is 5.69 Å². The second-order valence-electron chi connectivity index (χ2n) is 5.26. The van der Waals surface area contributed by atoms with Crippen molar-refractivity contribution in [2.24, 2.45) is 5.92 Å². The molecule has 0 heterocycles. The fourth-order valence-corrected chi connectivity index (χ4v) is 3.17. The first-order valence-corrected chi connectivity index (χ1v) is 7.74. The fraction of sp³-hybridized carbons (Fsp3) is 0.533. The highest BCUT2D eigenvalue weighted by Gasteiger charge is 2.28. The molecule has 1 aromatic carbocycles. The molecule has 1 aromatic rings. The molecular formula is C15H19Cl2NO2. The maximum absolute atomic E-state index is 12.3. The zero-order valence-electron chi connectivity index (χ0n) is 11.5. The Hall–Kier alpha value is -0.930. The normalized spacial score (nSPS) is 22.6. The van der Waals surface area contributed by atoms with E-state index in [1.54, 1.807) is 0 Å². The van der Waals surface area contributed by atoms with E-state index < -0.39 is 5.97 Å². The summed E-state index contributed by atoms with van der Waals surface area (Å²) in [6, 6.07) is 3.04. The molecule has 0 radical (unpaired) electrons. The summed E-state index contributed by atoms with van der Waals surface area (Å²) in [5.41, 5.74) is 6.35. The van der Waals surface area contributed by atoms with Crippen LogP contribution in [0.25, 0.3) is 0 Å². The van der Waals surface area contributed by atoms with Gasteiger partial charge in [0.25, 0.3) is 0 Å². The number of hydrogen-bond donors (Lipinski definition) is 1. The molecule has 0 spiro atoms. The summed E-state index contributed by atoms with van der Waals surface area (Å²) in [5.74, 6) is -0.00226. The van der Waals surface area contributed by atoms with Gasteiger partial charge in [0.2, 0.25) is 0 Å². The lowest BCUT2D eigenvalue weighted by Crippen LogP contribution is -2.29. The minimum absolute atomic E-state index is 0.0301. The number of anilines is 1. The van der Waals surface area contributed by atoms with E-state index in [9.17, 15) is 4.79 Å². The molecule has 0 aromatic heterocycles. The van der Waals surface area contributed by atoms with Crippen LogP contribution in [0.4, 0.5) is 5.69 Å². The van der Waals surface area contributed by atoms with E-state index in [1.165, 1.54) is 18.6 Å². The van der Waals surface area contributed by atoms with Crippen molar-refractivity contribution in [1.82, 2.24) is 0 Å². The highest BCUT2D eigenvalue weighted by atomic mass is 35.5. The third kappa shape index (κ3) is 3.39. The van der Waals surface area contributed by atoms with Crippen LogP contribution in [0.1, 0.15) is 49.4 Å². The molecule has 20 heavy (non-hydrogen) atoms. The maximum Gasteiger partial charge on any atom is 0.340 e. The standard InChI is InChI=1S/C15H19Cl2NO2/c1-2-9-5-3-4-6-13(9)20-15(19)11-7-10(18)8-12(16)14(11)17/h7-9,13H,2-6,18H2,1H3. The molecule has 5 heteroatoms. The van der Waals surface area contributed by atoms with Crippen molar-refractivity contribution in [3.8, 4) is 0 Å². The number of carbonyl (C=O) groups is 1. The van der Waals surface area contributed by atoms with E-state index in [0.717, 1.165) is 25.7 Å². The number of nitrogens with two attached hydrogens (primary N) is 1. The molecule has 0 saturated heterocycles. The van der Waals surface area contributed by atoms with Gasteiger partial charge in [-0.25, -0.2) is 4.79 Å². The number of ether oxygens (including phenoxy) is 1. The van der Waals surface area contributed by atoms with Gasteiger partial charge >= 0.3 is 5.97 Å². The van der Waals surface area contributed by atoms with Gasteiger partial charge in [-0.05, 0) is 43.7 Å². The van der Waals surface area contributed by atoms with Gasteiger partial charge in [-0.3, -0.25) is 0 Å². The van der Waals surface area contributed by atoms with Crippen LogP contribution in [-0.2, 0) is 4.74 Å². The third-order valence-electron chi connectivity index (χ3n) is 3.89. The van der Waals surface area contributed by atoms with Crippen molar-refractivity contribution in [3.05, 3.63) is 27.7 Å². The number of nitrogen functional groups attached to an aromatic ring is 1. The second kappa shape index (κ2) is 6.68. The predicted octanol–water partition coefficient (Wildman–Crippen LogP) is 4.70. The molecule has 0 bridgehead atoms. The van der Waals surface area contributed by atoms with Crippen LogP contribution in [0.2, 0.25) is 10.0 Å². The Balaban J connectivity index is 2.15. The van der Waals surface area contributed by atoms with Gasteiger partial charge in [-0.2, -0.15) is 0 Å². The first-order valence-electron chi connectivity index (χ1n) is 6.98. The van der Waals surface area contributed by atoms with Crippen LogP contribution in [0.5, 0.6) is 0 Å². The van der Waals surface area contributed by atoms with Crippen molar-refractivity contribution in [2.45, 2.75) is 45.1 Å². The van der Waals surface area contributed by atoms with E-state index in [2.05, 4.69) is 6.92 Å². The zero-order chi connectivity index (χ0) is 14.7. The highest BCUT2D eigenvalue weighted by Crippen LogP contribution is 2.33. The average Bonchev–Trinajstić information content (AvgIpc) is 2.43. The van der Waals surface area contributed by atoms with Gasteiger partial charge < -0.3 is 10.5 Å². The van der Waals surface area contributed by atoms with Crippen LogP contribution < -0.4 is 5.73 Å². The van der Waals surface area contributed by atoms with E-state index in [-0.39, 0.29) is 21.7 Å². The first-order chi connectivity index (χ1) is 9.52. The Morgan fingerprint density at radius 2 is 2.05 bits per heavy atom. The molecule has 2 N–H and O–H groups in total. The van der Waals surface area contributed by atoms with E-state index >= 15 is 0 Å². The lowest BCUT2D eigenvalue weighted by molar-refractivity contribution is 0.000733. The summed E-state index contributed by atoms with van der Waals surface area (Å²) in [6.45, 7) is 2.13. The minimum Gasteiger partial charge on any atom is -0.458 e. The molecule has 1 aliphatic rings. The first kappa shape index (κ1) is 15.5. The Labute approximate surface area is 129 Å². The molecule has 1 fully saturated rings. The highest BCUT2D eigenvalue weighted by molar-refractivity contribution is 6.44. The molecule has 1 saturated carbocycles. The monoisotopic (exact) mass is 315 g/mol. The zero-order valence-corrected chi connectivity index (χ0v) is 13.0. The van der Waals surface area contributed by atoms with E-state index in [4.69, 9.17) is 33.7 Å². The number of halogens is 2. The number of benzene rings is 1. The fourth-order valence-electron chi connectivity index (χ4n) is 2.76. The van der Waals surface area contributed by atoms with Crippen LogP contribution in [0.15, 0.2) is 12.1 Å². The van der Waals surface area contributed by atoms with Crippen LogP contribution in [-0.4, -0.2) is 12.1 Å². The number of carbonyl (C=O) groups excluding carboxylic acids is 1. The van der Waals surface area contributed by atoms with Crippen molar-refractivity contribution in [1.29, 1.82) is 0 Å². The lowest BCUT2D eigenvalue weighted by atomic mass is 9.85. The smallest absolute Gasteiger partial charge is 0.340 e. The van der Waals surface area contributed by atoms with E-state index in [1.807, 2.05) is 0 Å². The largest absolute Gasteiger partial charge is 0.458 e. The minimum atomic E-state index is -0.436. The molecule has 2 rings (SSSR count). The summed E-state index contributed by atoms with van der Waals surface area (Å²) in [7, 11) is 0. The molecule has 2 unspecified atom stereocenters. The topological polar surface area (TPSA) is 52.3 Å². The predicted molar refractivity (Wildman–Crippen MR) is 82.3 cm³/mol. The quantitative estimate of drug-likeness (QED) is 0.649. The summed E-state index contributed by atoms with van der Waals surface area (Å²) >= 11 is 12.0. The average molecular weight is 316 g/mol. The summed E-state index contributed by atoms with van der Waals surface area (Å²) < 4.78 is 5.63. The molecule has 2 atom stereocenters. The molecule has 110 valence electrons. The Morgan fingerprint density at radius 3 is 2.75 bits per heavy atom. The van der Waals surface area contributed by atoms with Gasteiger partial charge in [-0.15, -0.1) is 0 Å². The maximum atomic E-state index is 12.3. The molecule has 0 aliphatic heterocycles. The molecule has 1 aliphatic carbocycles. The van der Waals surface area contributed by atoms with Crippen LogP contribution >= 0.6 is 23.2 Å². The van der Waals surface area contributed by atoms with Crippen molar-refractivity contribution >= 4 is 34.9 Å². The Kier molecular flexibility index (Phi) is 5.17. The summed E-state index contributed by atoms with van der Waals surface area (Å²) in [6.07, 6.45) is 5.32. The summed E-state index contributed by atoms with van der Waals surface area (Å²) in [5, 5.41) is 0.476. The van der Waals surface area contributed by atoms with Gasteiger partial charge in [-0.1, -0.05) is 36.5 Å². The van der Waals surface area contributed by atoms with Crippen molar-refractivity contribution in [2.75, 3.05) is 5.73 Å². The molecular weight excluding hydrogens is 297 g/mol.